The molecule has 0 amide bonds. The number of rotatable bonds is 8. The smallest absolute Gasteiger partial charge is 0.338 e. The van der Waals surface area contributed by atoms with Gasteiger partial charge in [0.2, 0.25) is 0 Å². The zero-order valence-electron chi connectivity index (χ0n) is 17.3. The van der Waals surface area contributed by atoms with Crippen LogP contribution in [0.25, 0.3) is 0 Å². The molecule has 0 saturated carbocycles. The number of hydrogen-bond acceptors (Lipinski definition) is 4. The largest absolute Gasteiger partial charge is 0.458 e. The van der Waals surface area contributed by atoms with Crippen LogP contribution in [-0.4, -0.2) is 24.1 Å². The van der Waals surface area contributed by atoms with E-state index in [1.807, 2.05) is 32.9 Å². The maximum absolute atomic E-state index is 12.8. The summed E-state index contributed by atoms with van der Waals surface area (Å²) < 4.78 is 11.7. The molecule has 0 fully saturated rings. The van der Waals surface area contributed by atoms with Crippen molar-refractivity contribution in [1.82, 2.24) is 0 Å². The lowest BCUT2D eigenvalue weighted by Gasteiger charge is -2.43. The highest BCUT2D eigenvalue weighted by atomic mass is 16.6. The van der Waals surface area contributed by atoms with E-state index in [9.17, 15) is 9.59 Å². The van der Waals surface area contributed by atoms with E-state index in [0.29, 0.717) is 11.1 Å². The Morgan fingerprint density at radius 2 is 1.25 bits per heavy atom. The fourth-order valence-electron chi connectivity index (χ4n) is 3.27. The molecule has 2 aromatic carbocycles. The van der Waals surface area contributed by atoms with Crippen molar-refractivity contribution < 1.29 is 19.1 Å². The topological polar surface area (TPSA) is 52.6 Å². The van der Waals surface area contributed by atoms with Gasteiger partial charge in [0.05, 0.1) is 11.1 Å². The second kappa shape index (κ2) is 9.54. The monoisotopic (exact) mass is 382 g/mol. The number of benzene rings is 2. The Kier molecular flexibility index (Phi) is 7.38. The molecule has 2 atom stereocenters. The van der Waals surface area contributed by atoms with E-state index in [0.717, 1.165) is 0 Å². The lowest BCUT2D eigenvalue weighted by Crippen LogP contribution is -2.52. The Morgan fingerprint density at radius 3 is 1.68 bits per heavy atom. The van der Waals surface area contributed by atoms with Crippen molar-refractivity contribution in [2.45, 2.75) is 40.2 Å². The van der Waals surface area contributed by atoms with Crippen molar-refractivity contribution in [3.05, 3.63) is 71.8 Å². The van der Waals surface area contributed by atoms with Crippen molar-refractivity contribution in [2.24, 2.45) is 17.8 Å². The molecule has 2 unspecified atom stereocenters. The summed E-state index contributed by atoms with van der Waals surface area (Å²) in [6.45, 7) is 10.2. The second-order valence-electron chi connectivity index (χ2n) is 7.84. The summed E-state index contributed by atoms with van der Waals surface area (Å²) in [5, 5.41) is 0. The van der Waals surface area contributed by atoms with Gasteiger partial charge in [-0.2, -0.15) is 0 Å². The van der Waals surface area contributed by atoms with E-state index in [1.54, 1.807) is 48.5 Å². The van der Waals surface area contributed by atoms with E-state index in [4.69, 9.17) is 9.47 Å². The SMILES string of the molecule is CC(C)C(C)C(COC(=O)c1ccccc1)(OC(=O)c1ccccc1)C(C)C. The number of hydrogen-bond donors (Lipinski definition) is 0. The van der Waals surface area contributed by atoms with Crippen LogP contribution in [0.1, 0.15) is 55.3 Å². The maximum Gasteiger partial charge on any atom is 0.338 e. The highest BCUT2D eigenvalue weighted by Crippen LogP contribution is 2.36. The highest BCUT2D eigenvalue weighted by Gasteiger charge is 2.46. The zero-order valence-corrected chi connectivity index (χ0v) is 17.3. The predicted molar refractivity (Wildman–Crippen MR) is 110 cm³/mol. The molecule has 0 N–H and O–H groups in total. The highest BCUT2D eigenvalue weighted by molar-refractivity contribution is 5.90. The van der Waals surface area contributed by atoms with Crippen LogP contribution in [-0.2, 0) is 9.47 Å². The number of esters is 2. The van der Waals surface area contributed by atoms with E-state index in [2.05, 4.69) is 13.8 Å². The molecule has 28 heavy (non-hydrogen) atoms. The van der Waals surface area contributed by atoms with Gasteiger partial charge in [0, 0.05) is 5.92 Å². The Hall–Kier alpha value is -2.62. The van der Waals surface area contributed by atoms with Crippen molar-refractivity contribution in [1.29, 1.82) is 0 Å². The van der Waals surface area contributed by atoms with Crippen LogP contribution >= 0.6 is 0 Å². The van der Waals surface area contributed by atoms with Crippen molar-refractivity contribution in [2.75, 3.05) is 6.61 Å². The molecule has 0 radical (unpaired) electrons. The summed E-state index contributed by atoms with van der Waals surface area (Å²) in [6, 6.07) is 17.7. The minimum absolute atomic E-state index is 0.0102. The average molecular weight is 383 g/mol. The molecule has 4 heteroatoms. The van der Waals surface area contributed by atoms with E-state index in [-0.39, 0.29) is 24.4 Å². The van der Waals surface area contributed by atoms with E-state index >= 15 is 0 Å². The van der Waals surface area contributed by atoms with Gasteiger partial charge in [0.1, 0.15) is 6.61 Å². The summed E-state index contributed by atoms with van der Waals surface area (Å²) in [7, 11) is 0. The third-order valence-electron chi connectivity index (χ3n) is 5.48. The Balaban J connectivity index is 2.29. The first-order chi connectivity index (χ1) is 13.3. The summed E-state index contributed by atoms with van der Waals surface area (Å²) in [6.07, 6.45) is 0. The first kappa shape index (κ1) is 21.7. The molecule has 0 aromatic heterocycles. The van der Waals surface area contributed by atoms with Gasteiger partial charge in [-0.1, -0.05) is 71.0 Å². The molecule has 0 aliphatic heterocycles. The van der Waals surface area contributed by atoms with Crippen LogP contribution < -0.4 is 0 Å². The lowest BCUT2D eigenvalue weighted by atomic mass is 9.74. The van der Waals surface area contributed by atoms with Crippen molar-refractivity contribution in [3.63, 3.8) is 0 Å². The van der Waals surface area contributed by atoms with Crippen LogP contribution in [0.2, 0.25) is 0 Å². The zero-order chi connectivity index (χ0) is 20.7. The molecule has 2 rings (SSSR count). The summed E-state index contributed by atoms with van der Waals surface area (Å²) in [4.78, 5) is 25.3. The third-order valence-corrected chi connectivity index (χ3v) is 5.48. The molecule has 150 valence electrons. The molecule has 0 aliphatic carbocycles. The Bertz CT molecular complexity index is 768. The second-order valence-corrected chi connectivity index (χ2v) is 7.84. The molecular weight excluding hydrogens is 352 g/mol. The van der Waals surface area contributed by atoms with Gasteiger partial charge in [-0.15, -0.1) is 0 Å². The predicted octanol–water partition coefficient (Wildman–Crippen LogP) is 5.39. The van der Waals surface area contributed by atoms with Crippen LogP contribution in [0.15, 0.2) is 60.7 Å². The number of carbonyl (C=O) groups excluding carboxylic acids is 2. The minimum Gasteiger partial charge on any atom is -0.458 e. The van der Waals surface area contributed by atoms with Gasteiger partial charge in [0.25, 0.3) is 0 Å². The molecule has 2 aromatic rings. The quantitative estimate of drug-likeness (QED) is 0.575. The van der Waals surface area contributed by atoms with Crippen LogP contribution in [0.5, 0.6) is 0 Å². The van der Waals surface area contributed by atoms with Crippen molar-refractivity contribution >= 4 is 11.9 Å². The Labute approximate surface area is 167 Å². The molecule has 0 aliphatic rings. The van der Waals surface area contributed by atoms with Crippen LogP contribution in [0.3, 0.4) is 0 Å². The van der Waals surface area contributed by atoms with Gasteiger partial charge in [-0.25, -0.2) is 9.59 Å². The molecular formula is C24H30O4. The number of carbonyl (C=O) groups is 2. The van der Waals surface area contributed by atoms with Crippen molar-refractivity contribution in [3.8, 4) is 0 Å². The summed E-state index contributed by atoms with van der Waals surface area (Å²) in [5.74, 6) is -0.638. The molecule has 0 bridgehead atoms. The van der Waals surface area contributed by atoms with Gasteiger partial charge in [-0.3, -0.25) is 0 Å². The third kappa shape index (κ3) is 5.00. The van der Waals surface area contributed by atoms with Gasteiger partial charge in [0.15, 0.2) is 5.60 Å². The summed E-state index contributed by atoms with van der Waals surface area (Å²) in [5.41, 5.74) is 0.0375. The fraction of sp³-hybridized carbons (Fsp3) is 0.417. The number of ether oxygens (including phenoxy) is 2. The lowest BCUT2D eigenvalue weighted by molar-refractivity contribution is -0.118. The molecule has 0 saturated heterocycles. The first-order valence-corrected chi connectivity index (χ1v) is 9.78. The molecule has 4 nitrogen and oxygen atoms in total. The van der Waals surface area contributed by atoms with Gasteiger partial charge >= 0.3 is 11.9 Å². The summed E-state index contributed by atoms with van der Waals surface area (Å²) >= 11 is 0. The van der Waals surface area contributed by atoms with Gasteiger partial charge in [-0.05, 0) is 36.1 Å². The fourth-order valence-corrected chi connectivity index (χ4v) is 3.27. The van der Waals surface area contributed by atoms with Gasteiger partial charge < -0.3 is 9.47 Å². The molecule has 0 spiro atoms. The van der Waals surface area contributed by atoms with Crippen LogP contribution in [0, 0.1) is 17.8 Å². The normalized spacial score (nSPS) is 14.4. The van der Waals surface area contributed by atoms with E-state index in [1.165, 1.54) is 0 Å². The first-order valence-electron chi connectivity index (χ1n) is 9.78. The maximum atomic E-state index is 12.8. The minimum atomic E-state index is -0.925. The molecule has 0 heterocycles. The Morgan fingerprint density at radius 1 is 0.786 bits per heavy atom. The average Bonchev–Trinajstić information content (AvgIpc) is 2.71. The standard InChI is InChI=1S/C24H30O4/c1-17(2)19(5)24(18(3)4,28-23(26)21-14-10-7-11-15-21)16-27-22(25)20-12-8-6-9-13-20/h6-15,17-19H,16H2,1-5H3. The van der Waals surface area contributed by atoms with E-state index < -0.39 is 17.5 Å². The van der Waals surface area contributed by atoms with Crippen LogP contribution in [0.4, 0.5) is 0 Å².